The minimum atomic E-state index is -0.274. The summed E-state index contributed by atoms with van der Waals surface area (Å²) < 4.78 is 17.9. The highest BCUT2D eigenvalue weighted by atomic mass is 19.1. The lowest BCUT2D eigenvalue weighted by Crippen LogP contribution is -2.28. The Kier molecular flexibility index (Phi) is 6.76. The van der Waals surface area contributed by atoms with Crippen molar-refractivity contribution in [2.45, 2.75) is 6.42 Å². The maximum absolute atomic E-state index is 12.8. The van der Waals surface area contributed by atoms with Crippen LogP contribution in [0.2, 0.25) is 0 Å². The van der Waals surface area contributed by atoms with Crippen molar-refractivity contribution in [3.05, 3.63) is 65.5 Å². The summed E-state index contributed by atoms with van der Waals surface area (Å²) in [7, 11) is 1.57. The minimum absolute atomic E-state index is 0.172. The number of para-hydroxylation sites is 1. The van der Waals surface area contributed by atoms with Gasteiger partial charge in [-0.15, -0.1) is 0 Å². The van der Waals surface area contributed by atoms with Crippen LogP contribution in [-0.4, -0.2) is 32.4 Å². The quantitative estimate of drug-likeness (QED) is 0.598. The van der Waals surface area contributed by atoms with E-state index in [4.69, 9.17) is 9.57 Å². The predicted octanol–water partition coefficient (Wildman–Crippen LogP) is 2.54. The highest BCUT2D eigenvalue weighted by molar-refractivity contribution is 5.83. The fraction of sp³-hybridized carbons (Fsp3) is 0.222. The van der Waals surface area contributed by atoms with E-state index in [0.717, 1.165) is 11.1 Å². The normalized spacial score (nSPS) is 10.6. The number of methoxy groups -OCH3 is 1. The fourth-order valence-corrected chi connectivity index (χ4v) is 2.01. The van der Waals surface area contributed by atoms with Gasteiger partial charge in [0.25, 0.3) is 5.91 Å². The molecule has 0 aromatic heterocycles. The molecule has 0 saturated carbocycles. The van der Waals surface area contributed by atoms with Crippen molar-refractivity contribution in [1.29, 1.82) is 0 Å². The second-order valence-corrected chi connectivity index (χ2v) is 4.98. The summed E-state index contributed by atoms with van der Waals surface area (Å²) in [5, 5.41) is 6.47. The first-order chi connectivity index (χ1) is 11.7. The summed E-state index contributed by atoms with van der Waals surface area (Å²) in [4.78, 5) is 16.6. The lowest BCUT2D eigenvalue weighted by atomic mass is 10.1. The van der Waals surface area contributed by atoms with Crippen molar-refractivity contribution in [3.8, 4) is 5.75 Å². The van der Waals surface area contributed by atoms with Crippen LogP contribution in [0.1, 0.15) is 11.1 Å². The highest BCUT2D eigenvalue weighted by Gasteiger charge is 2.02. The summed E-state index contributed by atoms with van der Waals surface area (Å²) >= 11 is 0. The molecule has 0 aliphatic carbocycles. The Morgan fingerprint density at radius 1 is 1.21 bits per heavy atom. The van der Waals surface area contributed by atoms with Gasteiger partial charge in [-0.05, 0) is 36.2 Å². The first-order valence-electron chi connectivity index (χ1n) is 7.48. The van der Waals surface area contributed by atoms with E-state index in [1.807, 2.05) is 24.3 Å². The van der Waals surface area contributed by atoms with Gasteiger partial charge in [0.1, 0.15) is 11.6 Å². The van der Waals surface area contributed by atoms with Crippen molar-refractivity contribution in [2.75, 3.05) is 20.3 Å². The third-order valence-corrected chi connectivity index (χ3v) is 3.25. The van der Waals surface area contributed by atoms with Crippen LogP contribution in [0.25, 0.3) is 0 Å². The monoisotopic (exact) mass is 330 g/mol. The molecule has 5 nitrogen and oxygen atoms in total. The van der Waals surface area contributed by atoms with E-state index in [1.165, 1.54) is 18.3 Å². The Morgan fingerprint density at radius 2 is 1.96 bits per heavy atom. The molecule has 1 amide bonds. The van der Waals surface area contributed by atoms with E-state index < -0.39 is 0 Å². The number of ether oxygens (including phenoxy) is 1. The fourth-order valence-electron chi connectivity index (χ4n) is 2.01. The molecule has 2 aromatic carbocycles. The number of oxime groups is 1. The minimum Gasteiger partial charge on any atom is -0.496 e. The zero-order valence-electron chi connectivity index (χ0n) is 13.4. The van der Waals surface area contributed by atoms with Crippen LogP contribution >= 0.6 is 0 Å². The smallest absolute Gasteiger partial charge is 0.260 e. The van der Waals surface area contributed by atoms with Crippen LogP contribution in [0.15, 0.2) is 53.7 Å². The largest absolute Gasteiger partial charge is 0.496 e. The Hall–Kier alpha value is -2.89. The number of nitrogens with one attached hydrogen (secondary N) is 1. The third-order valence-electron chi connectivity index (χ3n) is 3.25. The average molecular weight is 330 g/mol. The van der Waals surface area contributed by atoms with E-state index in [1.54, 1.807) is 19.2 Å². The van der Waals surface area contributed by atoms with Crippen LogP contribution in [-0.2, 0) is 16.1 Å². The molecule has 0 atom stereocenters. The molecule has 2 aromatic rings. The van der Waals surface area contributed by atoms with Gasteiger partial charge in [-0.3, -0.25) is 4.79 Å². The second kappa shape index (κ2) is 9.29. The number of amides is 1. The van der Waals surface area contributed by atoms with E-state index in [9.17, 15) is 9.18 Å². The average Bonchev–Trinajstić information content (AvgIpc) is 2.61. The van der Waals surface area contributed by atoms with Gasteiger partial charge in [-0.25, -0.2) is 4.39 Å². The molecular weight excluding hydrogens is 311 g/mol. The molecule has 0 fully saturated rings. The molecule has 0 spiro atoms. The van der Waals surface area contributed by atoms with Crippen molar-refractivity contribution in [1.82, 2.24) is 5.32 Å². The number of hydrogen-bond acceptors (Lipinski definition) is 4. The number of hydrogen-bond donors (Lipinski definition) is 1. The van der Waals surface area contributed by atoms with Crippen LogP contribution in [0.4, 0.5) is 4.39 Å². The molecular formula is C18H19FN2O3. The zero-order chi connectivity index (χ0) is 17.2. The number of rotatable bonds is 8. The van der Waals surface area contributed by atoms with Crippen molar-refractivity contribution in [3.63, 3.8) is 0 Å². The summed E-state index contributed by atoms with van der Waals surface area (Å²) in [6.45, 7) is 0.277. The first kappa shape index (κ1) is 17.5. The number of halogens is 1. The summed E-state index contributed by atoms with van der Waals surface area (Å²) in [5.74, 6) is 0.131. The van der Waals surface area contributed by atoms with Crippen molar-refractivity contribution >= 4 is 12.1 Å². The SMILES string of the molecule is COc1ccccc1/C=N\OCC(=O)NCCc1ccc(F)cc1. The van der Waals surface area contributed by atoms with Gasteiger partial charge in [0, 0.05) is 12.1 Å². The maximum atomic E-state index is 12.8. The Morgan fingerprint density at radius 3 is 2.71 bits per heavy atom. The van der Waals surface area contributed by atoms with Crippen LogP contribution < -0.4 is 10.1 Å². The standard InChI is InChI=1S/C18H19FN2O3/c1-23-17-5-3-2-4-15(17)12-21-24-13-18(22)20-11-10-14-6-8-16(19)9-7-14/h2-9,12H,10-11,13H2,1H3,(H,20,22)/b21-12-. The molecule has 1 N–H and O–H groups in total. The molecule has 6 heteroatoms. The van der Waals surface area contributed by atoms with E-state index in [-0.39, 0.29) is 18.3 Å². The number of carbonyl (C=O) groups is 1. The summed E-state index contributed by atoms with van der Waals surface area (Å²) in [6.07, 6.45) is 2.11. The highest BCUT2D eigenvalue weighted by Crippen LogP contribution is 2.14. The second-order valence-electron chi connectivity index (χ2n) is 4.98. The molecule has 0 bridgehead atoms. The Bertz CT molecular complexity index is 687. The molecule has 24 heavy (non-hydrogen) atoms. The molecule has 126 valence electrons. The van der Waals surface area contributed by atoms with Gasteiger partial charge in [0.15, 0.2) is 6.61 Å². The van der Waals surface area contributed by atoms with Crippen LogP contribution in [0, 0.1) is 5.82 Å². The van der Waals surface area contributed by atoms with Crippen LogP contribution in [0.3, 0.4) is 0 Å². The Labute approximate surface area is 140 Å². The number of benzene rings is 2. The zero-order valence-corrected chi connectivity index (χ0v) is 13.4. The maximum Gasteiger partial charge on any atom is 0.260 e. The molecule has 0 unspecified atom stereocenters. The van der Waals surface area contributed by atoms with Gasteiger partial charge in [0.05, 0.1) is 13.3 Å². The predicted molar refractivity (Wildman–Crippen MR) is 89.7 cm³/mol. The van der Waals surface area contributed by atoms with Gasteiger partial charge in [-0.2, -0.15) is 0 Å². The molecule has 0 heterocycles. The third kappa shape index (κ3) is 5.72. The van der Waals surface area contributed by atoms with Gasteiger partial charge in [-0.1, -0.05) is 29.4 Å². The van der Waals surface area contributed by atoms with E-state index in [2.05, 4.69) is 10.5 Å². The van der Waals surface area contributed by atoms with Gasteiger partial charge >= 0.3 is 0 Å². The van der Waals surface area contributed by atoms with Gasteiger partial charge in [0.2, 0.25) is 0 Å². The Balaban J connectivity index is 1.67. The molecule has 0 aliphatic heterocycles. The van der Waals surface area contributed by atoms with Crippen molar-refractivity contribution in [2.24, 2.45) is 5.16 Å². The summed E-state index contributed by atoms with van der Waals surface area (Å²) in [6, 6.07) is 13.5. The molecule has 0 saturated heterocycles. The number of carbonyl (C=O) groups excluding carboxylic acids is 1. The topological polar surface area (TPSA) is 59.9 Å². The summed E-state index contributed by atoms with van der Waals surface area (Å²) in [5.41, 5.74) is 1.71. The molecule has 0 aliphatic rings. The molecule has 0 radical (unpaired) electrons. The van der Waals surface area contributed by atoms with Crippen molar-refractivity contribution < 1.29 is 18.8 Å². The van der Waals surface area contributed by atoms with E-state index in [0.29, 0.717) is 18.7 Å². The lowest BCUT2D eigenvalue weighted by molar-refractivity contribution is -0.125. The van der Waals surface area contributed by atoms with Gasteiger partial charge < -0.3 is 14.9 Å². The van der Waals surface area contributed by atoms with Crippen LogP contribution in [0.5, 0.6) is 5.75 Å². The lowest BCUT2D eigenvalue weighted by Gasteiger charge is -2.05. The van der Waals surface area contributed by atoms with E-state index >= 15 is 0 Å². The first-order valence-corrected chi connectivity index (χ1v) is 7.48. The molecule has 2 rings (SSSR count). The number of nitrogens with zero attached hydrogens (tertiary/aromatic N) is 1.